The molecule has 0 aliphatic heterocycles. The van der Waals surface area contributed by atoms with Gasteiger partial charge in [-0.15, -0.1) is 0 Å². The molecule has 0 radical (unpaired) electrons. The number of amides is 3. The first-order chi connectivity index (χ1) is 15.0. The minimum absolute atomic E-state index is 0.184. The smallest absolute Gasteiger partial charge is 0.316 e. The second kappa shape index (κ2) is 10.2. The van der Waals surface area contributed by atoms with E-state index < -0.39 is 6.03 Å². The third-order valence-corrected chi connectivity index (χ3v) is 4.61. The van der Waals surface area contributed by atoms with E-state index in [0.29, 0.717) is 35.9 Å². The zero-order valence-corrected chi connectivity index (χ0v) is 17.5. The molecule has 0 fully saturated rings. The molecule has 0 saturated heterocycles. The Bertz CT molecular complexity index is 1050. The highest BCUT2D eigenvalue weighted by molar-refractivity contribution is 5.96. The number of ether oxygens (including phenoxy) is 2. The van der Waals surface area contributed by atoms with Crippen LogP contribution in [0.5, 0.6) is 11.5 Å². The summed E-state index contributed by atoms with van der Waals surface area (Å²) in [5.41, 5.74) is 8.01. The Hall–Kier alpha value is -4.00. The average molecular weight is 419 g/mol. The molecule has 3 amide bonds. The molecule has 3 N–H and O–H groups in total. The van der Waals surface area contributed by atoms with E-state index in [1.165, 1.54) is 0 Å². The summed E-state index contributed by atoms with van der Waals surface area (Å²) in [5.74, 6) is 1.05. The van der Waals surface area contributed by atoms with Gasteiger partial charge in [0.1, 0.15) is 6.61 Å². The minimum Gasteiger partial charge on any atom is -0.493 e. The van der Waals surface area contributed by atoms with Crippen LogP contribution < -0.4 is 20.5 Å². The number of rotatable bonds is 8. The largest absolute Gasteiger partial charge is 0.493 e. The molecule has 0 bridgehead atoms. The lowest BCUT2D eigenvalue weighted by Crippen LogP contribution is -2.26. The molecule has 7 nitrogen and oxygen atoms in total. The van der Waals surface area contributed by atoms with Gasteiger partial charge in [-0.05, 0) is 41.5 Å². The van der Waals surface area contributed by atoms with Crippen LogP contribution in [-0.4, -0.2) is 31.0 Å². The zero-order valence-electron chi connectivity index (χ0n) is 17.5. The van der Waals surface area contributed by atoms with Crippen molar-refractivity contribution < 1.29 is 19.1 Å². The highest BCUT2D eigenvalue weighted by Gasteiger charge is 2.14. The molecule has 7 heteroatoms. The molecule has 0 heterocycles. The number of nitrogens with one attached hydrogen (secondary N) is 1. The third kappa shape index (κ3) is 5.99. The van der Waals surface area contributed by atoms with Gasteiger partial charge < -0.3 is 25.4 Å². The molecule has 3 aromatic carbocycles. The van der Waals surface area contributed by atoms with E-state index in [1.54, 1.807) is 43.3 Å². The lowest BCUT2D eigenvalue weighted by atomic mass is 10.1. The predicted molar refractivity (Wildman–Crippen MR) is 119 cm³/mol. The van der Waals surface area contributed by atoms with Crippen LogP contribution in [0.2, 0.25) is 0 Å². The van der Waals surface area contributed by atoms with E-state index in [0.717, 1.165) is 11.1 Å². The Morgan fingerprint density at radius 3 is 2.42 bits per heavy atom. The van der Waals surface area contributed by atoms with Crippen molar-refractivity contribution in [3.8, 4) is 11.5 Å². The average Bonchev–Trinajstić information content (AvgIpc) is 2.78. The Labute approximate surface area is 181 Å². The molecular formula is C24H25N3O4. The number of hydrogen-bond acceptors (Lipinski definition) is 4. The Kier molecular flexibility index (Phi) is 7.11. The summed E-state index contributed by atoms with van der Waals surface area (Å²) in [7, 11) is 3.30. The molecule has 0 aliphatic carbocycles. The SMILES string of the molecule is COc1cc(CN(C)C(=O)c2cccc(NC(N)=O)c2)ccc1OCc1ccccc1. The van der Waals surface area contributed by atoms with Gasteiger partial charge in [-0.3, -0.25) is 4.79 Å². The van der Waals surface area contributed by atoms with Gasteiger partial charge in [-0.2, -0.15) is 0 Å². The van der Waals surface area contributed by atoms with Crippen molar-refractivity contribution in [2.45, 2.75) is 13.2 Å². The standard InChI is InChI=1S/C24H25N3O4/c1-27(23(28)19-9-6-10-20(14-19)26-24(25)29)15-18-11-12-21(22(13-18)30-2)31-16-17-7-4-3-5-8-17/h3-14H,15-16H2,1-2H3,(H3,25,26,29). The molecule has 3 aromatic rings. The van der Waals surface area contributed by atoms with Crippen molar-refractivity contribution in [3.63, 3.8) is 0 Å². The van der Waals surface area contributed by atoms with Crippen LogP contribution in [0, 0.1) is 0 Å². The maximum absolute atomic E-state index is 12.8. The van der Waals surface area contributed by atoms with Crippen LogP contribution in [0.4, 0.5) is 10.5 Å². The lowest BCUT2D eigenvalue weighted by Gasteiger charge is -2.19. The molecule has 0 unspecified atom stereocenters. The molecule has 0 aliphatic rings. The van der Waals surface area contributed by atoms with Gasteiger partial charge in [0.05, 0.1) is 7.11 Å². The number of hydrogen-bond donors (Lipinski definition) is 2. The Balaban J connectivity index is 1.67. The molecular weight excluding hydrogens is 394 g/mol. The fourth-order valence-corrected chi connectivity index (χ4v) is 3.10. The van der Waals surface area contributed by atoms with E-state index in [9.17, 15) is 9.59 Å². The van der Waals surface area contributed by atoms with E-state index in [4.69, 9.17) is 15.2 Å². The highest BCUT2D eigenvalue weighted by atomic mass is 16.5. The second-order valence-corrected chi connectivity index (χ2v) is 6.99. The molecule has 160 valence electrons. The highest BCUT2D eigenvalue weighted by Crippen LogP contribution is 2.29. The summed E-state index contributed by atoms with van der Waals surface area (Å²) < 4.78 is 11.4. The maximum atomic E-state index is 12.8. The number of benzene rings is 3. The molecule has 0 aromatic heterocycles. The monoisotopic (exact) mass is 419 g/mol. The zero-order chi connectivity index (χ0) is 22.2. The number of urea groups is 1. The van der Waals surface area contributed by atoms with Crippen LogP contribution in [0.25, 0.3) is 0 Å². The number of nitrogens with zero attached hydrogens (tertiary/aromatic N) is 1. The molecule has 0 saturated carbocycles. The van der Waals surface area contributed by atoms with Crippen molar-refractivity contribution in [1.82, 2.24) is 4.90 Å². The second-order valence-electron chi connectivity index (χ2n) is 6.99. The molecule has 0 spiro atoms. The third-order valence-electron chi connectivity index (χ3n) is 4.61. The fraction of sp³-hybridized carbons (Fsp3) is 0.167. The number of primary amides is 1. The summed E-state index contributed by atoms with van der Waals surface area (Å²) in [5, 5.41) is 2.47. The molecule has 31 heavy (non-hydrogen) atoms. The first-order valence-corrected chi connectivity index (χ1v) is 9.72. The maximum Gasteiger partial charge on any atom is 0.316 e. The van der Waals surface area contributed by atoms with Crippen LogP contribution in [0.3, 0.4) is 0 Å². The summed E-state index contributed by atoms with van der Waals surface area (Å²) in [6, 6.07) is 21.4. The van der Waals surface area contributed by atoms with E-state index in [2.05, 4.69) is 5.32 Å². The predicted octanol–water partition coefficient (Wildman–Crippen LogP) is 4.04. The summed E-state index contributed by atoms with van der Waals surface area (Å²) in [6.45, 7) is 0.812. The van der Waals surface area contributed by atoms with Gasteiger partial charge >= 0.3 is 6.03 Å². The van der Waals surface area contributed by atoms with Crippen LogP contribution >= 0.6 is 0 Å². The van der Waals surface area contributed by atoms with Gasteiger partial charge in [0, 0.05) is 24.8 Å². The number of anilines is 1. The summed E-state index contributed by atoms with van der Waals surface area (Å²) >= 11 is 0. The van der Waals surface area contributed by atoms with Crippen molar-refractivity contribution >= 4 is 17.6 Å². The van der Waals surface area contributed by atoms with Crippen molar-refractivity contribution in [3.05, 3.63) is 89.5 Å². The number of carbonyl (C=O) groups excluding carboxylic acids is 2. The van der Waals surface area contributed by atoms with Crippen LogP contribution in [0.15, 0.2) is 72.8 Å². The number of carbonyl (C=O) groups is 2. The van der Waals surface area contributed by atoms with E-state index >= 15 is 0 Å². The van der Waals surface area contributed by atoms with Crippen molar-refractivity contribution in [2.24, 2.45) is 5.73 Å². The summed E-state index contributed by atoms with van der Waals surface area (Å²) in [6.07, 6.45) is 0. The molecule has 0 atom stereocenters. The van der Waals surface area contributed by atoms with E-state index in [-0.39, 0.29) is 5.91 Å². The van der Waals surface area contributed by atoms with Gasteiger partial charge in [-0.25, -0.2) is 4.79 Å². The topological polar surface area (TPSA) is 93.9 Å². The van der Waals surface area contributed by atoms with Gasteiger partial charge in [0.15, 0.2) is 11.5 Å². The number of methoxy groups -OCH3 is 1. The fourth-order valence-electron chi connectivity index (χ4n) is 3.10. The van der Waals surface area contributed by atoms with Crippen LogP contribution in [-0.2, 0) is 13.2 Å². The normalized spacial score (nSPS) is 10.3. The Morgan fingerprint density at radius 1 is 0.935 bits per heavy atom. The Morgan fingerprint density at radius 2 is 1.71 bits per heavy atom. The quantitative estimate of drug-likeness (QED) is 0.576. The minimum atomic E-state index is -0.681. The first-order valence-electron chi connectivity index (χ1n) is 9.72. The van der Waals surface area contributed by atoms with Crippen LogP contribution in [0.1, 0.15) is 21.5 Å². The first kappa shape index (κ1) is 21.7. The van der Waals surface area contributed by atoms with Crippen molar-refractivity contribution in [2.75, 3.05) is 19.5 Å². The van der Waals surface area contributed by atoms with Gasteiger partial charge in [-0.1, -0.05) is 42.5 Å². The van der Waals surface area contributed by atoms with Gasteiger partial charge in [0.25, 0.3) is 5.91 Å². The van der Waals surface area contributed by atoms with Gasteiger partial charge in [0.2, 0.25) is 0 Å². The lowest BCUT2D eigenvalue weighted by molar-refractivity contribution is 0.0785. The van der Waals surface area contributed by atoms with E-state index in [1.807, 2.05) is 48.5 Å². The number of nitrogens with two attached hydrogens (primary N) is 1. The molecule has 3 rings (SSSR count). The summed E-state index contributed by atoms with van der Waals surface area (Å²) in [4.78, 5) is 25.4. The van der Waals surface area contributed by atoms with Crippen molar-refractivity contribution in [1.29, 1.82) is 0 Å².